The second kappa shape index (κ2) is 6.88. The number of aromatic nitrogens is 1. The van der Waals surface area contributed by atoms with Crippen molar-refractivity contribution in [3.05, 3.63) is 65.9 Å². The maximum atomic E-state index is 12.3. The normalized spacial score (nSPS) is 10.3. The van der Waals surface area contributed by atoms with Crippen molar-refractivity contribution in [1.82, 2.24) is 15.8 Å². The minimum Gasteiger partial charge on any atom is -0.360 e. The van der Waals surface area contributed by atoms with E-state index in [9.17, 15) is 14.4 Å². The summed E-state index contributed by atoms with van der Waals surface area (Å²) in [5.74, 6) is -1.14. The number of H-pyrrole nitrogens is 1. The Bertz CT molecular complexity index is 962. The Kier molecular flexibility index (Phi) is 4.47. The summed E-state index contributed by atoms with van der Waals surface area (Å²) in [6, 6.07) is 13.8. The Hall–Kier alpha value is -3.61. The molecule has 0 bridgehead atoms. The molecule has 0 aliphatic rings. The van der Waals surface area contributed by atoms with Crippen LogP contribution in [0.15, 0.2) is 54.7 Å². The summed E-state index contributed by atoms with van der Waals surface area (Å²) in [6.45, 7) is 1.38. The Balaban J connectivity index is 1.68. The van der Waals surface area contributed by atoms with Gasteiger partial charge < -0.3 is 10.3 Å². The first-order valence-electron chi connectivity index (χ1n) is 7.59. The summed E-state index contributed by atoms with van der Waals surface area (Å²) < 4.78 is 0. The molecule has 0 radical (unpaired) electrons. The quantitative estimate of drug-likeness (QED) is 0.551. The number of fused-ring (bicyclic) bond motifs is 1. The summed E-state index contributed by atoms with van der Waals surface area (Å²) in [5, 5.41) is 3.36. The molecular formula is C18H16N4O3. The number of anilines is 1. The lowest BCUT2D eigenvalue weighted by Crippen LogP contribution is -2.41. The standard InChI is InChI=1S/C18H16N4O3/c1-11(23)20-13-6-4-5-12(9-13)17(24)21-22-18(25)15-10-19-16-8-3-2-7-14(15)16/h2-10,19H,1H3,(H,20,23)(H,21,24)(H,22,25). The zero-order valence-corrected chi connectivity index (χ0v) is 13.4. The highest BCUT2D eigenvalue weighted by Crippen LogP contribution is 2.17. The van der Waals surface area contributed by atoms with E-state index in [1.54, 1.807) is 24.4 Å². The number of hydrogen-bond donors (Lipinski definition) is 4. The number of benzene rings is 2. The van der Waals surface area contributed by atoms with Gasteiger partial charge in [0, 0.05) is 35.3 Å². The molecule has 7 nitrogen and oxygen atoms in total. The highest BCUT2D eigenvalue weighted by atomic mass is 16.2. The fraction of sp³-hybridized carbons (Fsp3) is 0.0556. The number of aromatic amines is 1. The number of nitrogens with one attached hydrogen (secondary N) is 4. The predicted molar refractivity (Wildman–Crippen MR) is 94.0 cm³/mol. The van der Waals surface area contributed by atoms with Crippen LogP contribution in [0.1, 0.15) is 27.6 Å². The Morgan fingerprint density at radius 1 is 0.920 bits per heavy atom. The number of carbonyl (C=O) groups excluding carboxylic acids is 3. The van der Waals surface area contributed by atoms with Crippen molar-refractivity contribution in [2.45, 2.75) is 6.92 Å². The van der Waals surface area contributed by atoms with Crippen LogP contribution >= 0.6 is 0 Å². The van der Waals surface area contributed by atoms with Crippen LogP contribution in [0, 0.1) is 0 Å². The third-order valence-electron chi connectivity index (χ3n) is 3.57. The molecule has 3 aromatic rings. The molecule has 0 aliphatic heterocycles. The number of hydrazine groups is 1. The minimum absolute atomic E-state index is 0.231. The second-order valence-electron chi connectivity index (χ2n) is 5.42. The molecule has 1 heterocycles. The average molecular weight is 336 g/mol. The molecule has 1 aromatic heterocycles. The van der Waals surface area contributed by atoms with Gasteiger partial charge in [0.2, 0.25) is 5.91 Å². The fourth-order valence-electron chi connectivity index (χ4n) is 2.45. The van der Waals surface area contributed by atoms with Gasteiger partial charge in [-0.05, 0) is 24.3 Å². The lowest BCUT2D eigenvalue weighted by molar-refractivity contribution is -0.114. The van der Waals surface area contributed by atoms with Crippen LogP contribution in [0.4, 0.5) is 5.69 Å². The Morgan fingerprint density at radius 2 is 1.68 bits per heavy atom. The van der Waals surface area contributed by atoms with E-state index in [0.717, 1.165) is 10.9 Å². The predicted octanol–water partition coefficient (Wildman–Crippen LogP) is 2.20. The van der Waals surface area contributed by atoms with Gasteiger partial charge in [0.25, 0.3) is 11.8 Å². The van der Waals surface area contributed by atoms with Gasteiger partial charge in [0.15, 0.2) is 0 Å². The first kappa shape index (κ1) is 16.3. The van der Waals surface area contributed by atoms with Gasteiger partial charge in [-0.3, -0.25) is 25.2 Å². The maximum Gasteiger partial charge on any atom is 0.271 e. The van der Waals surface area contributed by atoms with Gasteiger partial charge in [0.05, 0.1) is 5.56 Å². The van der Waals surface area contributed by atoms with Gasteiger partial charge in [-0.15, -0.1) is 0 Å². The molecule has 126 valence electrons. The molecule has 0 saturated heterocycles. The Labute approximate surface area is 143 Å². The smallest absolute Gasteiger partial charge is 0.271 e. The molecule has 0 fully saturated rings. The van der Waals surface area contributed by atoms with E-state index in [0.29, 0.717) is 16.8 Å². The maximum absolute atomic E-state index is 12.3. The lowest BCUT2D eigenvalue weighted by Gasteiger charge is -2.08. The monoisotopic (exact) mass is 336 g/mol. The van der Waals surface area contributed by atoms with Crippen LogP contribution in [0.3, 0.4) is 0 Å². The third kappa shape index (κ3) is 3.66. The first-order valence-corrected chi connectivity index (χ1v) is 7.59. The lowest BCUT2D eigenvalue weighted by atomic mass is 10.1. The van der Waals surface area contributed by atoms with Gasteiger partial charge in [-0.2, -0.15) is 0 Å². The SMILES string of the molecule is CC(=O)Nc1cccc(C(=O)NNC(=O)c2c[nH]c3ccccc23)c1. The number of hydrogen-bond acceptors (Lipinski definition) is 3. The topological polar surface area (TPSA) is 103 Å². The van der Waals surface area contributed by atoms with Crippen LogP contribution < -0.4 is 16.2 Å². The van der Waals surface area contributed by atoms with Gasteiger partial charge in [-0.1, -0.05) is 24.3 Å². The third-order valence-corrected chi connectivity index (χ3v) is 3.57. The molecule has 3 amide bonds. The summed E-state index contributed by atoms with van der Waals surface area (Å²) in [6.07, 6.45) is 1.59. The zero-order valence-electron chi connectivity index (χ0n) is 13.4. The summed E-state index contributed by atoms with van der Waals surface area (Å²) in [7, 11) is 0. The van der Waals surface area contributed by atoms with Crippen molar-refractivity contribution >= 4 is 34.3 Å². The minimum atomic E-state index is -0.486. The number of rotatable bonds is 3. The molecule has 0 saturated carbocycles. The van der Waals surface area contributed by atoms with E-state index in [4.69, 9.17) is 0 Å². The molecule has 4 N–H and O–H groups in total. The zero-order chi connectivity index (χ0) is 17.8. The van der Waals surface area contributed by atoms with E-state index in [1.165, 1.54) is 13.0 Å². The summed E-state index contributed by atoms with van der Waals surface area (Å²) in [4.78, 5) is 38.5. The van der Waals surface area contributed by atoms with E-state index >= 15 is 0 Å². The molecule has 25 heavy (non-hydrogen) atoms. The highest BCUT2D eigenvalue weighted by Gasteiger charge is 2.13. The molecule has 3 rings (SSSR count). The largest absolute Gasteiger partial charge is 0.360 e. The average Bonchev–Trinajstić information content (AvgIpc) is 3.03. The van der Waals surface area contributed by atoms with E-state index in [1.807, 2.05) is 24.3 Å². The van der Waals surface area contributed by atoms with E-state index < -0.39 is 11.8 Å². The number of para-hydroxylation sites is 1. The molecule has 0 spiro atoms. The van der Waals surface area contributed by atoms with Gasteiger partial charge in [-0.25, -0.2) is 0 Å². The first-order chi connectivity index (χ1) is 12.0. The van der Waals surface area contributed by atoms with Crippen LogP contribution in [0.2, 0.25) is 0 Å². The highest BCUT2D eigenvalue weighted by molar-refractivity contribution is 6.07. The van der Waals surface area contributed by atoms with Crippen LogP contribution in [0.25, 0.3) is 10.9 Å². The van der Waals surface area contributed by atoms with Crippen molar-refractivity contribution in [2.75, 3.05) is 5.32 Å². The molecule has 0 unspecified atom stereocenters. The van der Waals surface area contributed by atoms with E-state index in [-0.39, 0.29) is 5.91 Å². The van der Waals surface area contributed by atoms with Gasteiger partial charge in [0.1, 0.15) is 0 Å². The van der Waals surface area contributed by atoms with E-state index in [2.05, 4.69) is 21.2 Å². The van der Waals surface area contributed by atoms with Crippen molar-refractivity contribution in [2.24, 2.45) is 0 Å². The molecule has 2 aromatic carbocycles. The summed E-state index contributed by atoms with van der Waals surface area (Å²) >= 11 is 0. The second-order valence-corrected chi connectivity index (χ2v) is 5.42. The van der Waals surface area contributed by atoms with Crippen molar-refractivity contribution in [3.8, 4) is 0 Å². The van der Waals surface area contributed by atoms with Crippen molar-refractivity contribution in [1.29, 1.82) is 0 Å². The van der Waals surface area contributed by atoms with Crippen molar-refractivity contribution in [3.63, 3.8) is 0 Å². The molecular weight excluding hydrogens is 320 g/mol. The molecule has 0 atom stereocenters. The van der Waals surface area contributed by atoms with Crippen LogP contribution in [-0.4, -0.2) is 22.7 Å². The van der Waals surface area contributed by atoms with Gasteiger partial charge >= 0.3 is 0 Å². The molecule has 7 heteroatoms. The van der Waals surface area contributed by atoms with Crippen LogP contribution in [0.5, 0.6) is 0 Å². The summed E-state index contributed by atoms with van der Waals surface area (Å²) in [5.41, 5.74) is 6.84. The van der Waals surface area contributed by atoms with Crippen molar-refractivity contribution < 1.29 is 14.4 Å². The molecule has 0 aliphatic carbocycles. The fourth-order valence-corrected chi connectivity index (χ4v) is 2.45. The number of carbonyl (C=O) groups is 3. The number of amides is 3. The van der Waals surface area contributed by atoms with Crippen LogP contribution in [-0.2, 0) is 4.79 Å². The Morgan fingerprint density at radius 3 is 2.48 bits per heavy atom.